The summed E-state index contributed by atoms with van der Waals surface area (Å²) in [5.74, 6) is -0.706. The number of aryl methyl sites for hydroxylation is 2. The van der Waals surface area contributed by atoms with Crippen LogP contribution in [0.5, 0.6) is 0 Å². The minimum Gasteiger partial charge on any atom is -0.312 e. The van der Waals surface area contributed by atoms with Crippen LogP contribution in [0.15, 0.2) is 48.0 Å². The van der Waals surface area contributed by atoms with Crippen molar-refractivity contribution < 1.29 is 9.72 Å². The molecule has 138 valence electrons. The number of thiazole rings is 1. The van der Waals surface area contributed by atoms with Gasteiger partial charge >= 0.3 is 0 Å². The number of carbonyl (C=O) groups is 1. The van der Waals surface area contributed by atoms with Crippen molar-refractivity contribution in [3.63, 3.8) is 0 Å². The predicted octanol–water partition coefficient (Wildman–Crippen LogP) is 4.81. The Balaban J connectivity index is 2.25. The standard InChI is InChI=1S/C19H16ClN3O3S/c1-4-7-22-16-9-11(2)8-12(3)17(16)27-19(22)21-18(24)14-10-13(20)5-6-15(14)23(25)26/h4-6,8-10H,1,7H2,2-3H3. The number of aromatic nitrogens is 1. The maximum Gasteiger partial charge on any atom is 0.286 e. The van der Waals surface area contributed by atoms with E-state index in [0.717, 1.165) is 21.3 Å². The maximum atomic E-state index is 12.7. The van der Waals surface area contributed by atoms with Gasteiger partial charge in [-0.1, -0.05) is 35.1 Å². The zero-order valence-corrected chi connectivity index (χ0v) is 16.3. The number of halogens is 1. The molecule has 0 unspecified atom stereocenters. The highest BCUT2D eigenvalue weighted by atomic mass is 35.5. The summed E-state index contributed by atoms with van der Waals surface area (Å²) in [5, 5.41) is 11.5. The van der Waals surface area contributed by atoms with Crippen LogP contribution in [-0.4, -0.2) is 15.4 Å². The Bertz CT molecular complexity index is 1160. The molecule has 2 aromatic carbocycles. The highest BCUT2D eigenvalue weighted by Gasteiger charge is 2.21. The minimum atomic E-state index is -0.706. The molecule has 0 fully saturated rings. The van der Waals surface area contributed by atoms with Gasteiger partial charge in [-0.2, -0.15) is 4.99 Å². The van der Waals surface area contributed by atoms with Crippen molar-refractivity contribution in [1.82, 2.24) is 4.57 Å². The fourth-order valence-corrected chi connectivity index (χ4v) is 4.15. The summed E-state index contributed by atoms with van der Waals surface area (Å²) in [4.78, 5) is 28.0. The number of fused-ring (bicyclic) bond motifs is 1. The fourth-order valence-electron chi connectivity index (χ4n) is 2.89. The monoisotopic (exact) mass is 401 g/mol. The van der Waals surface area contributed by atoms with Crippen LogP contribution in [0.25, 0.3) is 10.2 Å². The van der Waals surface area contributed by atoms with Crippen molar-refractivity contribution in [3.05, 3.63) is 79.6 Å². The second kappa shape index (κ2) is 7.46. The highest BCUT2D eigenvalue weighted by molar-refractivity contribution is 7.16. The Morgan fingerprint density at radius 1 is 1.37 bits per heavy atom. The van der Waals surface area contributed by atoms with Gasteiger partial charge in [-0.15, -0.1) is 6.58 Å². The molecule has 0 saturated heterocycles. The van der Waals surface area contributed by atoms with Gasteiger partial charge in [0.2, 0.25) is 0 Å². The Morgan fingerprint density at radius 2 is 2.11 bits per heavy atom. The summed E-state index contributed by atoms with van der Waals surface area (Å²) in [6.07, 6.45) is 1.72. The second-order valence-electron chi connectivity index (χ2n) is 6.05. The Labute approximate surface area is 164 Å². The van der Waals surface area contributed by atoms with Gasteiger partial charge in [0.15, 0.2) is 4.80 Å². The van der Waals surface area contributed by atoms with E-state index >= 15 is 0 Å². The lowest BCUT2D eigenvalue weighted by atomic mass is 10.1. The van der Waals surface area contributed by atoms with E-state index in [1.165, 1.54) is 29.5 Å². The van der Waals surface area contributed by atoms with E-state index in [2.05, 4.69) is 17.6 Å². The molecule has 1 amide bonds. The number of carbonyl (C=O) groups excluding carboxylic acids is 1. The third-order valence-electron chi connectivity index (χ3n) is 4.01. The third-order valence-corrected chi connectivity index (χ3v) is 5.47. The number of hydrogen-bond acceptors (Lipinski definition) is 4. The SMILES string of the molecule is C=CCn1c(=NC(=O)c2cc(Cl)ccc2[N+](=O)[O-])sc2c(C)cc(C)cc21. The molecule has 0 saturated carbocycles. The van der Waals surface area contributed by atoms with Crippen molar-refractivity contribution in [2.75, 3.05) is 0 Å². The zero-order valence-electron chi connectivity index (χ0n) is 14.7. The Hall–Kier alpha value is -2.77. The lowest BCUT2D eigenvalue weighted by molar-refractivity contribution is -0.385. The molecule has 0 atom stereocenters. The summed E-state index contributed by atoms with van der Waals surface area (Å²) in [5.41, 5.74) is 2.67. The summed E-state index contributed by atoms with van der Waals surface area (Å²) < 4.78 is 2.89. The maximum absolute atomic E-state index is 12.7. The van der Waals surface area contributed by atoms with Gasteiger partial charge in [-0.25, -0.2) is 0 Å². The van der Waals surface area contributed by atoms with E-state index < -0.39 is 10.8 Å². The molecule has 1 aromatic heterocycles. The molecule has 1 heterocycles. The molecule has 8 heteroatoms. The molecule has 3 rings (SSSR count). The number of hydrogen-bond donors (Lipinski definition) is 0. The normalized spacial score (nSPS) is 11.7. The molecular weight excluding hydrogens is 386 g/mol. The number of rotatable bonds is 4. The van der Waals surface area contributed by atoms with Crippen LogP contribution in [0.3, 0.4) is 0 Å². The molecule has 0 radical (unpaired) electrons. The predicted molar refractivity (Wildman–Crippen MR) is 107 cm³/mol. The van der Waals surface area contributed by atoms with E-state index in [1.54, 1.807) is 6.08 Å². The van der Waals surface area contributed by atoms with Crippen molar-refractivity contribution in [3.8, 4) is 0 Å². The van der Waals surface area contributed by atoms with Gasteiger partial charge in [0.25, 0.3) is 11.6 Å². The average Bonchev–Trinajstić information content (AvgIpc) is 2.93. The zero-order chi connectivity index (χ0) is 19.7. The van der Waals surface area contributed by atoms with E-state index in [1.807, 2.05) is 24.5 Å². The largest absolute Gasteiger partial charge is 0.312 e. The first-order valence-corrected chi connectivity index (χ1v) is 9.25. The quantitative estimate of drug-likeness (QED) is 0.357. The van der Waals surface area contributed by atoms with Gasteiger partial charge in [0.05, 0.1) is 15.1 Å². The first-order chi connectivity index (χ1) is 12.8. The fraction of sp³-hybridized carbons (Fsp3) is 0.158. The van der Waals surface area contributed by atoms with Crippen LogP contribution in [-0.2, 0) is 6.54 Å². The summed E-state index contributed by atoms with van der Waals surface area (Å²) in [7, 11) is 0. The van der Waals surface area contributed by atoms with Crippen LogP contribution in [0, 0.1) is 24.0 Å². The van der Waals surface area contributed by atoms with E-state index in [-0.39, 0.29) is 16.3 Å². The topological polar surface area (TPSA) is 77.5 Å². The van der Waals surface area contributed by atoms with Crippen LogP contribution < -0.4 is 4.80 Å². The summed E-state index contributed by atoms with van der Waals surface area (Å²) in [6, 6.07) is 7.94. The molecule has 0 N–H and O–H groups in total. The smallest absolute Gasteiger partial charge is 0.286 e. The van der Waals surface area contributed by atoms with Gasteiger partial charge in [0, 0.05) is 17.6 Å². The average molecular weight is 402 g/mol. The first kappa shape index (κ1) is 19.0. The molecule has 0 aliphatic carbocycles. The van der Waals surface area contributed by atoms with Crippen LogP contribution >= 0.6 is 22.9 Å². The second-order valence-corrected chi connectivity index (χ2v) is 7.46. The number of nitro groups is 1. The molecule has 27 heavy (non-hydrogen) atoms. The number of nitrogens with zero attached hydrogens (tertiary/aromatic N) is 3. The molecular formula is C19H16ClN3O3S. The lowest BCUT2D eigenvalue weighted by Gasteiger charge is -2.03. The van der Waals surface area contributed by atoms with E-state index in [0.29, 0.717) is 11.3 Å². The molecule has 0 aliphatic heterocycles. The minimum absolute atomic E-state index is 0.136. The van der Waals surface area contributed by atoms with E-state index in [4.69, 9.17) is 11.6 Å². The summed E-state index contributed by atoms with van der Waals surface area (Å²) in [6.45, 7) is 8.23. The summed E-state index contributed by atoms with van der Waals surface area (Å²) >= 11 is 7.29. The number of nitro benzene ring substituents is 1. The molecule has 0 bridgehead atoms. The van der Waals surface area contributed by atoms with Crippen LogP contribution in [0.2, 0.25) is 5.02 Å². The molecule has 6 nitrogen and oxygen atoms in total. The van der Waals surface area contributed by atoms with Crippen LogP contribution in [0.1, 0.15) is 21.5 Å². The third kappa shape index (κ3) is 3.70. The van der Waals surface area contributed by atoms with Crippen molar-refractivity contribution in [1.29, 1.82) is 0 Å². The van der Waals surface area contributed by atoms with Gasteiger partial charge in [-0.3, -0.25) is 14.9 Å². The molecule has 0 aliphatic rings. The highest BCUT2D eigenvalue weighted by Crippen LogP contribution is 2.25. The van der Waals surface area contributed by atoms with Crippen LogP contribution in [0.4, 0.5) is 5.69 Å². The van der Waals surface area contributed by atoms with Crippen molar-refractivity contribution in [2.45, 2.75) is 20.4 Å². The van der Waals surface area contributed by atoms with Gasteiger partial charge in [0.1, 0.15) is 5.56 Å². The Morgan fingerprint density at radius 3 is 2.78 bits per heavy atom. The van der Waals surface area contributed by atoms with Gasteiger partial charge < -0.3 is 4.57 Å². The van der Waals surface area contributed by atoms with Crippen molar-refractivity contribution in [2.24, 2.45) is 4.99 Å². The van der Waals surface area contributed by atoms with Gasteiger partial charge in [-0.05, 0) is 43.2 Å². The number of amides is 1. The lowest BCUT2D eigenvalue weighted by Crippen LogP contribution is -2.16. The molecule has 0 spiro atoms. The molecule has 3 aromatic rings. The Kier molecular flexibility index (Phi) is 5.25. The number of allylic oxidation sites excluding steroid dienone is 1. The first-order valence-electron chi connectivity index (χ1n) is 8.06. The number of benzene rings is 2. The van der Waals surface area contributed by atoms with Crippen molar-refractivity contribution >= 4 is 44.7 Å². The van der Waals surface area contributed by atoms with E-state index in [9.17, 15) is 14.9 Å².